The minimum absolute atomic E-state index is 0.0472. The van der Waals surface area contributed by atoms with Crippen molar-refractivity contribution in [3.8, 4) is 0 Å². The summed E-state index contributed by atoms with van der Waals surface area (Å²) >= 11 is 0. The first-order chi connectivity index (χ1) is 7.49. The largest absolute Gasteiger partial charge is 0.388 e. The van der Waals surface area contributed by atoms with E-state index >= 15 is 0 Å². The maximum Gasteiger partial charge on any atom is 0.240 e. The van der Waals surface area contributed by atoms with Crippen LogP contribution in [0.1, 0.15) is 20.3 Å². The zero-order valence-electron chi connectivity index (χ0n) is 9.82. The molecule has 2 N–H and O–H groups in total. The highest BCUT2D eigenvalue weighted by Crippen LogP contribution is 2.13. The first-order valence-electron chi connectivity index (χ1n) is 5.29. The summed E-state index contributed by atoms with van der Waals surface area (Å²) in [5, 5.41) is 2.94. The summed E-state index contributed by atoms with van der Waals surface area (Å²) < 4.78 is 26.4. The van der Waals surface area contributed by atoms with Crippen molar-refractivity contribution in [1.82, 2.24) is 4.72 Å². The molecule has 1 aromatic rings. The predicted molar refractivity (Wildman–Crippen MR) is 66.1 cm³/mol. The van der Waals surface area contributed by atoms with Crippen LogP contribution >= 0.6 is 0 Å². The van der Waals surface area contributed by atoms with Crippen molar-refractivity contribution in [3.05, 3.63) is 24.3 Å². The predicted octanol–water partition coefficient (Wildman–Crippen LogP) is 1.81. The fourth-order valence-corrected chi connectivity index (χ4v) is 2.54. The molecule has 1 rings (SSSR count). The highest BCUT2D eigenvalue weighted by Gasteiger charge is 2.15. The second kappa shape index (κ2) is 5.32. The van der Waals surface area contributed by atoms with Gasteiger partial charge in [0.25, 0.3) is 0 Å². The summed E-state index contributed by atoms with van der Waals surface area (Å²) in [5.74, 6) is 0. The van der Waals surface area contributed by atoms with Crippen LogP contribution in [0, 0.1) is 0 Å². The topological polar surface area (TPSA) is 58.2 Å². The zero-order valence-corrected chi connectivity index (χ0v) is 10.6. The summed E-state index contributed by atoms with van der Waals surface area (Å²) in [5.41, 5.74) is 0.891. The molecule has 1 aromatic carbocycles. The van der Waals surface area contributed by atoms with Crippen LogP contribution in [-0.2, 0) is 10.0 Å². The Morgan fingerprint density at radius 1 is 1.25 bits per heavy atom. The van der Waals surface area contributed by atoms with E-state index in [0.29, 0.717) is 4.90 Å². The van der Waals surface area contributed by atoms with Gasteiger partial charge in [0.15, 0.2) is 0 Å². The molecular weight excluding hydrogens is 224 g/mol. The first-order valence-corrected chi connectivity index (χ1v) is 6.78. The molecule has 0 aromatic heterocycles. The molecule has 0 bridgehead atoms. The molecular formula is C11H18N2O2S. The zero-order chi connectivity index (χ0) is 12.2. The maximum atomic E-state index is 11.9. The summed E-state index contributed by atoms with van der Waals surface area (Å²) in [7, 11) is -1.58. The van der Waals surface area contributed by atoms with Crippen LogP contribution in [0.25, 0.3) is 0 Å². The fraction of sp³-hybridized carbons (Fsp3) is 0.455. The average molecular weight is 242 g/mol. The van der Waals surface area contributed by atoms with E-state index < -0.39 is 10.0 Å². The van der Waals surface area contributed by atoms with E-state index in [1.165, 1.54) is 0 Å². The van der Waals surface area contributed by atoms with Gasteiger partial charge in [-0.2, -0.15) is 0 Å². The van der Waals surface area contributed by atoms with E-state index in [4.69, 9.17) is 0 Å². The fourth-order valence-electron chi connectivity index (χ4n) is 1.22. The van der Waals surface area contributed by atoms with Gasteiger partial charge in [-0.1, -0.05) is 6.92 Å². The maximum absolute atomic E-state index is 11.9. The molecule has 0 aliphatic rings. The van der Waals surface area contributed by atoms with Crippen molar-refractivity contribution >= 4 is 15.7 Å². The van der Waals surface area contributed by atoms with Gasteiger partial charge in [-0.05, 0) is 37.6 Å². The number of hydrogen-bond donors (Lipinski definition) is 2. The van der Waals surface area contributed by atoms with E-state index in [0.717, 1.165) is 12.1 Å². The van der Waals surface area contributed by atoms with Gasteiger partial charge in [0.2, 0.25) is 10.0 Å². The molecule has 0 saturated carbocycles. The van der Waals surface area contributed by atoms with Gasteiger partial charge in [0.1, 0.15) is 0 Å². The molecule has 5 heteroatoms. The number of benzene rings is 1. The Morgan fingerprint density at radius 3 is 2.25 bits per heavy atom. The molecule has 1 unspecified atom stereocenters. The Morgan fingerprint density at radius 2 is 1.81 bits per heavy atom. The van der Waals surface area contributed by atoms with Crippen LogP contribution in [0.3, 0.4) is 0 Å². The Kier molecular flexibility index (Phi) is 4.32. The van der Waals surface area contributed by atoms with Crippen LogP contribution in [0.5, 0.6) is 0 Å². The molecule has 0 saturated heterocycles. The van der Waals surface area contributed by atoms with Crippen LogP contribution in [-0.4, -0.2) is 21.5 Å². The minimum atomic E-state index is -3.37. The van der Waals surface area contributed by atoms with E-state index in [1.807, 2.05) is 13.8 Å². The second-order valence-corrected chi connectivity index (χ2v) is 5.42. The molecule has 4 nitrogen and oxygen atoms in total. The Balaban J connectivity index is 2.90. The van der Waals surface area contributed by atoms with Gasteiger partial charge in [0.05, 0.1) is 4.90 Å². The van der Waals surface area contributed by atoms with Gasteiger partial charge in [-0.15, -0.1) is 0 Å². The van der Waals surface area contributed by atoms with Crippen molar-refractivity contribution in [1.29, 1.82) is 0 Å². The van der Waals surface area contributed by atoms with Gasteiger partial charge in [-0.3, -0.25) is 0 Å². The van der Waals surface area contributed by atoms with Crippen molar-refractivity contribution in [2.24, 2.45) is 0 Å². The summed E-state index contributed by atoms with van der Waals surface area (Å²) in [6, 6.07) is 6.62. The number of nitrogens with one attached hydrogen (secondary N) is 2. The third kappa shape index (κ3) is 3.21. The summed E-state index contributed by atoms with van der Waals surface area (Å²) in [4.78, 5) is 0.298. The molecule has 0 amide bonds. The lowest BCUT2D eigenvalue weighted by molar-refractivity contribution is 0.556. The number of sulfonamides is 1. The smallest absolute Gasteiger partial charge is 0.240 e. The second-order valence-electron chi connectivity index (χ2n) is 3.70. The van der Waals surface area contributed by atoms with Crippen LogP contribution < -0.4 is 10.0 Å². The number of rotatable bonds is 5. The molecule has 90 valence electrons. The lowest BCUT2D eigenvalue weighted by Gasteiger charge is -2.12. The lowest BCUT2D eigenvalue weighted by Crippen LogP contribution is -2.31. The first kappa shape index (κ1) is 13.0. The lowest BCUT2D eigenvalue weighted by atomic mass is 10.3. The quantitative estimate of drug-likeness (QED) is 0.828. The van der Waals surface area contributed by atoms with Crippen LogP contribution in [0.2, 0.25) is 0 Å². The summed E-state index contributed by atoms with van der Waals surface area (Å²) in [6.45, 7) is 3.79. The third-order valence-electron chi connectivity index (χ3n) is 2.42. The molecule has 0 radical (unpaired) electrons. The van der Waals surface area contributed by atoms with E-state index in [-0.39, 0.29) is 6.04 Å². The van der Waals surface area contributed by atoms with Crippen molar-refractivity contribution in [2.75, 3.05) is 12.4 Å². The molecule has 0 aliphatic carbocycles. The Labute approximate surface area is 97.1 Å². The van der Waals surface area contributed by atoms with Crippen molar-refractivity contribution < 1.29 is 8.42 Å². The normalized spacial score (nSPS) is 13.4. The van der Waals surface area contributed by atoms with Gasteiger partial charge >= 0.3 is 0 Å². The SMILES string of the molecule is CCC(C)NS(=O)(=O)c1ccc(NC)cc1. The van der Waals surface area contributed by atoms with E-state index in [2.05, 4.69) is 10.0 Å². The summed E-state index contributed by atoms with van der Waals surface area (Å²) in [6.07, 6.45) is 0.772. The molecule has 0 heterocycles. The van der Waals surface area contributed by atoms with Crippen LogP contribution in [0.4, 0.5) is 5.69 Å². The van der Waals surface area contributed by atoms with Crippen LogP contribution in [0.15, 0.2) is 29.2 Å². The molecule has 0 spiro atoms. The van der Waals surface area contributed by atoms with E-state index in [1.54, 1.807) is 31.3 Å². The highest BCUT2D eigenvalue weighted by molar-refractivity contribution is 7.89. The minimum Gasteiger partial charge on any atom is -0.388 e. The molecule has 16 heavy (non-hydrogen) atoms. The van der Waals surface area contributed by atoms with Gasteiger partial charge in [0, 0.05) is 18.8 Å². The molecule has 1 atom stereocenters. The van der Waals surface area contributed by atoms with E-state index in [9.17, 15) is 8.42 Å². The molecule has 0 aliphatic heterocycles. The van der Waals surface area contributed by atoms with Crippen molar-refractivity contribution in [2.45, 2.75) is 31.2 Å². The third-order valence-corrected chi connectivity index (χ3v) is 4.03. The standard InChI is InChI=1S/C11H18N2O2S/c1-4-9(2)13-16(14,15)11-7-5-10(12-3)6-8-11/h5-9,12-13H,4H2,1-3H3. The molecule has 0 fully saturated rings. The average Bonchev–Trinajstić information content (AvgIpc) is 2.28. The Hall–Kier alpha value is -1.07. The van der Waals surface area contributed by atoms with Gasteiger partial charge < -0.3 is 5.32 Å². The van der Waals surface area contributed by atoms with Crippen molar-refractivity contribution in [3.63, 3.8) is 0 Å². The monoisotopic (exact) mass is 242 g/mol. The number of hydrogen-bond acceptors (Lipinski definition) is 3. The highest BCUT2D eigenvalue weighted by atomic mass is 32.2. The number of anilines is 1. The Bertz CT molecular complexity index is 426. The van der Waals surface area contributed by atoms with Gasteiger partial charge in [-0.25, -0.2) is 13.1 Å².